The van der Waals surface area contributed by atoms with Gasteiger partial charge in [-0.25, -0.2) is 8.42 Å². The maximum absolute atomic E-state index is 12.2. The number of rotatable bonds is 6. The first-order valence-electron chi connectivity index (χ1n) is 6.71. The third kappa shape index (κ3) is 4.97. The number of hydrogen-bond donors (Lipinski definition) is 0. The van der Waals surface area contributed by atoms with Crippen molar-refractivity contribution in [2.75, 3.05) is 0 Å². The van der Waals surface area contributed by atoms with Gasteiger partial charge in [-0.05, 0) is 23.6 Å². The maximum Gasteiger partial charge on any atom is 0.226 e. The fourth-order valence-electron chi connectivity index (χ4n) is 1.90. The number of aromatic nitrogens is 2. The summed E-state index contributed by atoms with van der Waals surface area (Å²) in [6, 6.07) is 4.72. The second kappa shape index (κ2) is 6.98. The van der Waals surface area contributed by atoms with Crippen molar-refractivity contribution in [2.24, 2.45) is 5.92 Å². The molecule has 0 amide bonds. The molecule has 1 heterocycles. The molecule has 0 aliphatic carbocycles. The monoisotopic (exact) mass is 362 g/mol. The van der Waals surface area contributed by atoms with Crippen LogP contribution in [0.3, 0.4) is 0 Å². The fourth-order valence-corrected chi connectivity index (χ4v) is 3.80. The fraction of sp³-hybridized carbons (Fsp3) is 0.429. The highest BCUT2D eigenvalue weighted by Crippen LogP contribution is 2.23. The maximum atomic E-state index is 12.2. The van der Waals surface area contributed by atoms with Gasteiger partial charge in [0.25, 0.3) is 0 Å². The number of nitrogens with zero attached hydrogens (tertiary/aromatic N) is 2. The Bertz CT molecular complexity index is 757. The zero-order valence-corrected chi connectivity index (χ0v) is 14.5. The first kappa shape index (κ1) is 17.2. The molecule has 1 aromatic carbocycles. The van der Waals surface area contributed by atoms with E-state index in [9.17, 15) is 8.42 Å². The summed E-state index contributed by atoms with van der Waals surface area (Å²) in [7, 11) is -3.45. The Hall–Kier alpha value is -1.11. The molecular formula is C14H16Cl2N2O3S. The van der Waals surface area contributed by atoms with Crippen LogP contribution in [0.25, 0.3) is 0 Å². The van der Waals surface area contributed by atoms with E-state index in [1.807, 2.05) is 13.8 Å². The van der Waals surface area contributed by atoms with E-state index >= 15 is 0 Å². The van der Waals surface area contributed by atoms with Gasteiger partial charge in [0.15, 0.2) is 15.7 Å². The van der Waals surface area contributed by atoms with Crippen molar-refractivity contribution < 1.29 is 12.9 Å². The van der Waals surface area contributed by atoms with Crippen molar-refractivity contribution in [3.8, 4) is 0 Å². The van der Waals surface area contributed by atoms with Gasteiger partial charge in [-0.2, -0.15) is 4.98 Å². The van der Waals surface area contributed by atoms with Crippen molar-refractivity contribution >= 4 is 33.0 Å². The van der Waals surface area contributed by atoms with Crippen LogP contribution in [0.1, 0.15) is 31.1 Å². The van der Waals surface area contributed by atoms with Gasteiger partial charge >= 0.3 is 0 Å². The standard InChI is InChI=1S/C14H16Cl2N2O3S/c1-9(2)5-14-17-13(18-21-14)8-22(19,20)7-10-3-4-11(15)6-12(10)16/h3-4,6,9H,5,7-8H2,1-2H3. The van der Waals surface area contributed by atoms with E-state index in [4.69, 9.17) is 27.7 Å². The summed E-state index contributed by atoms with van der Waals surface area (Å²) in [6.07, 6.45) is 0.621. The average molecular weight is 363 g/mol. The Kier molecular flexibility index (Phi) is 5.47. The van der Waals surface area contributed by atoms with Crippen LogP contribution in [0.15, 0.2) is 22.7 Å². The first-order valence-corrected chi connectivity index (χ1v) is 9.29. The van der Waals surface area contributed by atoms with Crippen molar-refractivity contribution in [1.29, 1.82) is 0 Å². The topological polar surface area (TPSA) is 73.1 Å². The second-order valence-electron chi connectivity index (χ2n) is 5.47. The van der Waals surface area contributed by atoms with Crippen LogP contribution in [0, 0.1) is 5.92 Å². The minimum Gasteiger partial charge on any atom is -0.339 e. The zero-order valence-electron chi connectivity index (χ0n) is 12.2. The van der Waals surface area contributed by atoms with Gasteiger partial charge in [-0.3, -0.25) is 0 Å². The second-order valence-corrected chi connectivity index (χ2v) is 8.38. The van der Waals surface area contributed by atoms with Crippen LogP contribution < -0.4 is 0 Å². The van der Waals surface area contributed by atoms with Crippen molar-refractivity contribution in [2.45, 2.75) is 31.8 Å². The number of sulfone groups is 1. The summed E-state index contributed by atoms with van der Waals surface area (Å²) in [5.41, 5.74) is 0.497. The molecule has 0 spiro atoms. The Morgan fingerprint density at radius 2 is 1.95 bits per heavy atom. The van der Waals surface area contributed by atoms with Gasteiger partial charge in [-0.15, -0.1) is 0 Å². The lowest BCUT2D eigenvalue weighted by atomic mass is 10.1. The summed E-state index contributed by atoms with van der Waals surface area (Å²) in [6.45, 7) is 4.03. The molecule has 8 heteroatoms. The molecule has 1 aromatic heterocycles. The highest BCUT2D eigenvalue weighted by molar-refractivity contribution is 7.89. The molecule has 0 atom stereocenters. The molecule has 120 valence electrons. The van der Waals surface area contributed by atoms with E-state index in [0.29, 0.717) is 33.8 Å². The van der Waals surface area contributed by atoms with Gasteiger partial charge in [0.1, 0.15) is 5.75 Å². The summed E-state index contributed by atoms with van der Waals surface area (Å²) in [5, 5.41) is 4.50. The number of halogens is 2. The molecule has 2 rings (SSSR count). The van der Waals surface area contributed by atoms with Gasteiger partial charge in [-0.1, -0.05) is 48.3 Å². The molecule has 0 saturated carbocycles. The molecule has 0 saturated heterocycles. The smallest absolute Gasteiger partial charge is 0.226 e. The minimum atomic E-state index is -3.45. The first-order chi connectivity index (χ1) is 10.2. The van der Waals surface area contributed by atoms with Crippen LogP contribution in [-0.4, -0.2) is 18.6 Å². The summed E-state index contributed by atoms with van der Waals surface area (Å²) < 4.78 is 29.5. The molecule has 0 N–H and O–H groups in total. The third-order valence-corrected chi connectivity index (χ3v) is 4.87. The lowest BCUT2D eigenvalue weighted by molar-refractivity contribution is 0.359. The van der Waals surface area contributed by atoms with E-state index in [2.05, 4.69) is 10.1 Å². The van der Waals surface area contributed by atoms with Crippen molar-refractivity contribution in [3.05, 3.63) is 45.5 Å². The Morgan fingerprint density at radius 1 is 1.23 bits per heavy atom. The Labute approximate surface area is 139 Å². The predicted molar refractivity (Wildman–Crippen MR) is 85.6 cm³/mol. The summed E-state index contributed by atoms with van der Waals surface area (Å²) >= 11 is 11.8. The molecule has 0 fully saturated rings. The lowest BCUT2D eigenvalue weighted by Gasteiger charge is -2.05. The van der Waals surface area contributed by atoms with Gasteiger partial charge < -0.3 is 4.52 Å². The highest BCUT2D eigenvalue weighted by Gasteiger charge is 2.19. The molecule has 22 heavy (non-hydrogen) atoms. The van der Waals surface area contributed by atoms with Gasteiger partial charge in [0, 0.05) is 16.5 Å². The van der Waals surface area contributed by atoms with Gasteiger partial charge in [0.2, 0.25) is 5.89 Å². The minimum absolute atomic E-state index is 0.167. The molecular weight excluding hydrogens is 347 g/mol. The average Bonchev–Trinajstić information content (AvgIpc) is 2.78. The molecule has 5 nitrogen and oxygen atoms in total. The summed E-state index contributed by atoms with van der Waals surface area (Å²) in [5.74, 6) is 0.494. The third-order valence-electron chi connectivity index (χ3n) is 2.83. The normalized spacial score (nSPS) is 12.0. The van der Waals surface area contributed by atoms with Crippen LogP contribution in [-0.2, 0) is 27.8 Å². The van der Waals surface area contributed by atoms with Crippen LogP contribution >= 0.6 is 23.2 Å². The van der Waals surface area contributed by atoms with E-state index in [-0.39, 0.29) is 17.3 Å². The van der Waals surface area contributed by atoms with Crippen LogP contribution in [0.2, 0.25) is 10.0 Å². The van der Waals surface area contributed by atoms with E-state index in [0.717, 1.165) is 0 Å². The lowest BCUT2D eigenvalue weighted by Crippen LogP contribution is -2.09. The largest absolute Gasteiger partial charge is 0.339 e. The summed E-state index contributed by atoms with van der Waals surface area (Å²) in [4.78, 5) is 4.10. The number of hydrogen-bond acceptors (Lipinski definition) is 5. The van der Waals surface area contributed by atoms with E-state index in [1.165, 1.54) is 6.07 Å². The Balaban J connectivity index is 2.09. The zero-order chi connectivity index (χ0) is 16.3. The highest BCUT2D eigenvalue weighted by atomic mass is 35.5. The molecule has 0 radical (unpaired) electrons. The molecule has 0 bridgehead atoms. The predicted octanol–water partition coefficient (Wildman–Crippen LogP) is 3.69. The quantitative estimate of drug-likeness (QED) is 0.783. The Morgan fingerprint density at radius 3 is 2.59 bits per heavy atom. The van der Waals surface area contributed by atoms with E-state index < -0.39 is 9.84 Å². The van der Waals surface area contributed by atoms with Crippen LogP contribution in [0.5, 0.6) is 0 Å². The van der Waals surface area contributed by atoms with Gasteiger partial charge in [0.05, 0.1) is 5.75 Å². The molecule has 0 aliphatic heterocycles. The van der Waals surface area contributed by atoms with Crippen LogP contribution in [0.4, 0.5) is 0 Å². The molecule has 0 unspecified atom stereocenters. The molecule has 2 aromatic rings. The molecule has 0 aliphatic rings. The van der Waals surface area contributed by atoms with Crippen molar-refractivity contribution in [1.82, 2.24) is 10.1 Å². The van der Waals surface area contributed by atoms with Crippen molar-refractivity contribution in [3.63, 3.8) is 0 Å². The SMILES string of the molecule is CC(C)Cc1nc(CS(=O)(=O)Cc2ccc(Cl)cc2Cl)no1. The number of benzene rings is 1. The van der Waals surface area contributed by atoms with E-state index in [1.54, 1.807) is 12.1 Å².